The molecule has 0 radical (unpaired) electrons. The van der Waals surface area contributed by atoms with E-state index in [4.69, 9.17) is 10.5 Å². The van der Waals surface area contributed by atoms with Gasteiger partial charge in [-0.25, -0.2) is 0 Å². The van der Waals surface area contributed by atoms with Gasteiger partial charge in [-0.15, -0.1) is 12.4 Å². The number of nitrogens with one attached hydrogen (secondary N) is 2. The summed E-state index contributed by atoms with van der Waals surface area (Å²) in [6.45, 7) is 2.16. The van der Waals surface area contributed by atoms with E-state index in [1.165, 1.54) is 0 Å². The van der Waals surface area contributed by atoms with Gasteiger partial charge in [-0.1, -0.05) is 18.2 Å². The number of rotatable bonds is 8. The first-order valence-electron chi connectivity index (χ1n) is 7.49. The molecule has 7 heteroatoms. The predicted octanol–water partition coefficient (Wildman–Crippen LogP) is 0.847. The van der Waals surface area contributed by atoms with Gasteiger partial charge in [0.25, 0.3) is 5.91 Å². The summed E-state index contributed by atoms with van der Waals surface area (Å²) in [5.74, 6) is 0.498. The highest BCUT2D eigenvalue weighted by Crippen LogP contribution is 2.38. The molecule has 0 heterocycles. The molecule has 0 bridgehead atoms. The first kappa shape index (κ1) is 19.3. The molecule has 1 unspecified atom stereocenters. The number of para-hydroxylation sites is 1. The molecule has 0 spiro atoms. The summed E-state index contributed by atoms with van der Waals surface area (Å²) in [6.07, 6.45) is 2.18. The second-order valence-electron chi connectivity index (χ2n) is 5.82. The van der Waals surface area contributed by atoms with Gasteiger partial charge in [-0.3, -0.25) is 9.59 Å². The third-order valence-electron chi connectivity index (χ3n) is 3.89. The third-order valence-corrected chi connectivity index (χ3v) is 3.89. The van der Waals surface area contributed by atoms with E-state index in [0.29, 0.717) is 18.2 Å². The molecule has 0 aromatic heterocycles. The summed E-state index contributed by atoms with van der Waals surface area (Å²) in [5, 5.41) is 5.46. The molecule has 0 aliphatic heterocycles. The van der Waals surface area contributed by atoms with Crippen molar-refractivity contribution in [3.05, 3.63) is 30.3 Å². The van der Waals surface area contributed by atoms with Crippen LogP contribution in [0, 0.1) is 5.92 Å². The Bertz CT molecular complexity index is 523. The van der Waals surface area contributed by atoms with Crippen LogP contribution in [0.3, 0.4) is 0 Å². The normalized spacial score (nSPS) is 15.7. The number of hydrogen-bond donors (Lipinski definition) is 3. The fourth-order valence-corrected chi connectivity index (χ4v) is 2.30. The third kappa shape index (κ3) is 6.08. The Labute approximate surface area is 142 Å². The molecule has 6 nitrogen and oxygen atoms in total. The monoisotopic (exact) mass is 341 g/mol. The highest BCUT2D eigenvalue weighted by Gasteiger charge is 2.41. The molecule has 1 saturated carbocycles. The number of ether oxygens (including phenoxy) is 1. The molecule has 1 aliphatic carbocycles. The highest BCUT2D eigenvalue weighted by molar-refractivity contribution is 5.86. The largest absolute Gasteiger partial charge is 0.484 e. The van der Waals surface area contributed by atoms with Crippen LogP contribution in [0.2, 0.25) is 0 Å². The Hall–Kier alpha value is -1.79. The Kier molecular flexibility index (Phi) is 7.32. The maximum atomic E-state index is 11.9. The summed E-state index contributed by atoms with van der Waals surface area (Å²) in [7, 11) is 0. The fraction of sp³-hybridized carbons (Fsp3) is 0.500. The van der Waals surface area contributed by atoms with Gasteiger partial charge in [0.2, 0.25) is 5.91 Å². The number of halogens is 1. The molecule has 1 fully saturated rings. The van der Waals surface area contributed by atoms with E-state index in [9.17, 15) is 9.59 Å². The van der Waals surface area contributed by atoms with Gasteiger partial charge in [0.05, 0.1) is 12.1 Å². The van der Waals surface area contributed by atoms with Crippen LogP contribution in [0.1, 0.15) is 19.8 Å². The summed E-state index contributed by atoms with van der Waals surface area (Å²) < 4.78 is 5.31. The second-order valence-corrected chi connectivity index (χ2v) is 5.82. The van der Waals surface area contributed by atoms with Crippen LogP contribution in [-0.4, -0.2) is 37.0 Å². The van der Waals surface area contributed by atoms with Gasteiger partial charge >= 0.3 is 0 Å². The lowest BCUT2D eigenvalue weighted by Crippen LogP contribution is -2.55. The summed E-state index contributed by atoms with van der Waals surface area (Å²) in [6, 6.07) is 9.05. The molecule has 1 aliphatic rings. The molecule has 23 heavy (non-hydrogen) atoms. The lowest BCUT2D eigenvalue weighted by Gasteiger charge is -2.29. The second kappa shape index (κ2) is 8.74. The van der Waals surface area contributed by atoms with Gasteiger partial charge < -0.3 is 21.1 Å². The van der Waals surface area contributed by atoms with Crippen molar-refractivity contribution < 1.29 is 14.3 Å². The minimum atomic E-state index is -0.373. The highest BCUT2D eigenvalue weighted by atomic mass is 35.5. The average Bonchev–Trinajstić information content (AvgIpc) is 3.37. The average molecular weight is 342 g/mol. The summed E-state index contributed by atoms with van der Waals surface area (Å²) in [4.78, 5) is 23.6. The molecule has 1 atom stereocenters. The maximum Gasteiger partial charge on any atom is 0.258 e. The quantitative estimate of drug-likeness (QED) is 0.653. The maximum absolute atomic E-state index is 11.9. The smallest absolute Gasteiger partial charge is 0.258 e. The van der Waals surface area contributed by atoms with Gasteiger partial charge in [-0.2, -0.15) is 0 Å². The van der Waals surface area contributed by atoms with Crippen molar-refractivity contribution in [2.75, 3.05) is 19.7 Å². The first-order valence-corrected chi connectivity index (χ1v) is 7.49. The van der Waals surface area contributed by atoms with E-state index in [1.54, 1.807) is 12.1 Å². The van der Waals surface area contributed by atoms with E-state index in [0.717, 1.165) is 12.8 Å². The predicted molar refractivity (Wildman–Crippen MR) is 90.5 cm³/mol. The Morgan fingerprint density at radius 1 is 1.26 bits per heavy atom. The van der Waals surface area contributed by atoms with E-state index >= 15 is 0 Å². The molecule has 2 amide bonds. The van der Waals surface area contributed by atoms with Crippen molar-refractivity contribution in [1.29, 1.82) is 0 Å². The van der Waals surface area contributed by atoms with Crippen molar-refractivity contribution >= 4 is 24.2 Å². The Morgan fingerprint density at radius 3 is 2.48 bits per heavy atom. The van der Waals surface area contributed by atoms with Crippen LogP contribution >= 0.6 is 12.4 Å². The number of carbonyl (C=O) groups is 2. The topological polar surface area (TPSA) is 93.5 Å². The molecule has 4 N–H and O–H groups in total. The number of carbonyl (C=O) groups excluding carboxylic acids is 2. The molecule has 0 saturated heterocycles. The summed E-state index contributed by atoms with van der Waals surface area (Å²) >= 11 is 0. The molecular formula is C16H24ClN3O3. The van der Waals surface area contributed by atoms with Crippen molar-refractivity contribution in [2.45, 2.75) is 25.3 Å². The fourth-order valence-electron chi connectivity index (χ4n) is 2.30. The van der Waals surface area contributed by atoms with Crippen LogP contribution in [0.5, 0.6) is 5.75 Å². The lowest BCUT2D eigenvalue weighted by molar-refractivity contribution is -0.128. The van der Waals surface area contributed by atoms with Gasteiger partial charge in [0, 0.05) is 6.54 Å². The van der Waals surface area contributed by atoms with Crippen LogP contribution in [-0.2, 0) is 9.59 Å². The zero-order chi connectivity index (χ0) is 16.0. The van der Waals surface area contributed by atoms with Gasteiger partial charge in [0.15, 0.2) is 6.61 Å². The number of amides is 2. The van der Waals surface area contributed by atoms with Crippen molar-refractivity contribution in [2.24, 2.45) is 11.7 Å². The number of hydrogen-bond acceptors (Lipinski definition) is 4. The van der Waals surface area contributed by atoms with Gasteiger partial charge in [0.1, 0.15) is 5.75 Å². The van der Waals surface area contributed by atoms with Crippen LogP contribution in [0.4, 0.5) is 0 Å². The van der Waals surface area contributed by atoms with E-state index < -0.39 is 0 Å². The lowest BCUT2D eigenvalue weighted by atomic mass is 9.96. The zero-order valence-electron chi connectivity index (χ0n) is 13.2. The minimum Gasteiger partial charge on any atom is -0.484 e. The van der Waals surface area contributed by atoms with Crippen LogP contribution in [0.15, 0.2) is 30.3 Å². The number of nitrogens with two attached hydrogens (primary N) is 1. The van der Waals surface area contributed by atoms with E-state index in [-0.39, 0.29) is 42.9 Å². The Morgan fingerprint density at radius 2 is 1.91 bits per heavy atom. The molecular weight excluding hydrogens is 318 g/mol. The summed E-state index contributed by atoms with van der Waals surface area (Å²) in [5.41, 5.74) is 5.37. The first-order chi connectivity index (χ1) is 10.5. The number of benzene rings is 1. The minimum absolute atomic E-state index is 0. The van der Waals surface area contributed by atoms with E-state index in [2.05, 4.69) is 10.6 Å². The van der Waals surface area contributed by atoms with Crippen molar-refractivity contribution in [3.63, 3.8) is 0 Å². The standard InChI is InChI=1S/C16H23N3O3.ClH/c1-16(11-17,12-7-8-12)19-14(20)9-18-15(21)10-22-13-5-3-2-4-6-13;/h2-6,12H,7-11,17H2,1H3,(H,18,21)(H,19,20);1H. The van der Waals surface area contributed by atoms with Crippen LogP contribution in [0.25, 0.3) is 0 Å². The van der Waals surface area contributed by atoms with E-state index in [1.807, 2.05) is 25.1 Å². The van der Waals surface area contributed by atoms with Crippen LogP contribution < -0.4 is 21.1 Å². The Balaban J connectivity index is 0.00000264. The SMILES string of the molecule is CC(CN)(NC(=O)CNC(=O)COc1ccccc1)C1CC1.Cl. The van der Waals surface area contributed by atoms with Gasteiger partial charge in [-0.05, 0) is 37.8 Å². The molecule has 1 aromatic carbocycles. The zero-order valence-corrected chi connectivity index (χ0v) is 14.0. The molecule has 128 valence electrons. The molecule has 1 aromatic rings. The van der Waals surface area contributed by atoms with Crippen molar-refractivity contribution in [3.8, 4) is 5.75 Å². The van der Waals surface area contributed by atoms with Crippen molar-refractivity contribution in [1.82, 2.24) is 10.6 Å². The molecule has 2 rings (SSSR count).